The van der Waals surface area contributed by atoms with Crippen LogP contribution in [-0.2, 0) is 12.8 Å². The highest BCUT2D eigenvalue weighted by Gasteiger charge is 2.09. The summed E-state index contributed by atoms with van der Waals surface area (Å²) in [5, 5.41) is 4.22. The molecule has 2 N–H and O–H groups in total. The summed E-state index contributed by atoms with van der Waals surface area (Å²) in [5.74, 6) is 0.209. The van der Waals surface area contributed by atoms with Crippen molar-refractivity contribution in [2.75, 3.05) is 6.54 Å². The maximum Gasteiger partial charge on any atom is 0.123 e. The van der Waals surface area contributed by atoms with Crippen LogP contribution in [0.2, 0.25) is 0 Å². The van der Waals surface area contributed by atoms with Crippen molar-refractivity contribution in [2.45, 2.75) is 12.8 Å². The van der Waals surface area contributed by atoms with Gasteiger partial charge in [-0.25, -0.2) is 4.39 Å². The van der Waals surface area contributed by atoms with Gasteiger partial charge in [0.2, 0.25) is 0 Å². The zero-order valence-corrected chi connectivity index (χ0v) is 10.4. The topological polar surface area (TPSA) is 26.0 Å². The standard InChI is InChI=1S/C14H16FNS/c15-14-3-1-2-11(8-14)6-13(9-16)7-12-4-5-17-10-12/h1-5,8,10,13H,6-7,9,16H2. The van der Waals surface area contributed by atoms with E-state index in [1.54, 1.807) is 23.5 Å². The van der Waals surface area contributed by atoms with Gasteiger partial charge in [-0.05, 0) is 65.4 Å². The summed E-state index contributed by atoms with van der Waals surface area (Å²) in [6.07, 6.45) is 1.81. The van der Waals surface area contributed by atoms with E-state index in [2.05, 4.69) is 16.8 Å². The van der Waals surface area contributed by atoms with Crippen molar-refractivity contribution in [1.29, 1.82) is 0 Å². The summed E-state index contributed by atoms with van der Waals surface area (Å²) in [6.45, 7) is 0.631. The lowest BCUT2D eigenvalue weighted by molar-refractivity contribution is 0.531. The molecule has 0 radical (unpaired) electrons. The predicted molar refractivity (Wildman–Crippen MR) is 70.7 cm³/mol. The van der Waals surface area contributed by atoms with Gasteiger partial charge in [0.05, 0.1) is 0 Å². The van der Waals surface area contributed by atoms with Gasteiger partial charge < -0.3 is 5.73 Å². The molecule has 0 aliphatic rings. The Labute approximate surface area is 105 Å². The Morgan fingerprint density at radius 3 is 2.65 bits per heavy atom. The van der Waals surface area contributed by atoms with Crippen molar-refractivity contribution in [1.82, 2.24) is 0 Å². The first kappa shape index (κ1) is 12.3. The quantitative estimate of drug-likeness (QED) is 0.865. The van der Waals surface area contributed by atoms with Crippen molar-refractivity contribution in [3.05, 3.63) is 58.0 Å². The van der Waals surface area contributed by atoms with E-state index < -0.39 is 0 Å². The lowest BCUT2D eigenvalue weighted by Gasteiger charge is -2.14. The largest absolute Gasteiger partial charge is 0.330 e. The molecule has 0 saturated carbocycles. The van der Waals surface area contributed by atoms with E-state index in [1.165, 1.54) is 11.6 Å². The second-order valence-corrected chi connectivity index (χ2v) is 5.05. The molecule has 3 heteroatoms. The minimum Gasteiger partial charge on any atom is -0.330 e. The number of rotatable bonds is 5. The smallest absolute Gasteiger partial charge is 0.123 e. The molecule has 1 atom stereocenters. The molecule has 1 heterocycles. The molecule has 0 aliphatic carbocycles. The zero-order valence-electron chi connectivity index (χ0n) is 9.60. The molecule has 17 heavy (non-hydrogen) atoms. The predicted octanol–water partition coefficient (Wildman–Crippen LogP) is 3.25. The van der Waals surface area contributed by atoms with Crippen LogP contribution in [0.1, 0.15) is 11.1 Å². The molecule has 1 unspecified atom stereocenters. The van der Waals surface area contributed by atoms with Crippen LogP contribution in [0.3, 0.4) is 0 Å². The molecular weight excluding hydrogens is 233 g/mol. The molecular formula is C14H16FNS. The first-order valence-corrected chi connectivity index (χ1v) is 6.68. The number of thiophene rings is 1. The average Bonchev–Trinajstić information content (AvgIpc) is 2.81. The van der Waals surface area contributed by atoms with Gasteiger partial charge in [-0.3, -0.25) is 0 Å². The highest BCUT2D eigenvalue weighted by Crippen LogP contribution is 2.16. The normalized spacial score (nSPS) is 12.6. The summed E-state index contributed by atoms with van der Waals surface area (Å²) in [7, 11) is 0. The van der Waals surface area contributed by atoms with Crippen molar-refractivity contribution in [3.8, 4) is 0 Å². The van der Waals surface area contributed by atoms with E-state index in [9.17, 15) is 4.39 Å². The van der Waals surface area contributed by atoms with Crippen molar-refractivity contribution in [3.63, 3.8) is 0 Å². The van der Waals surface area contributed by atoms with Crippen molar-refractivity contribution in [2.24, 2.45) is 11.7 Å². The number of nitrogens with two attached hydrogens (primary N) is 1. The van der Waals surface area contributed by atoms with Crippen LogP contribution in [0.15, 0.2) is 41.1 Å². The zero-order chi connectivity index (χ0) is 12.1. The Balaban J connectivity index is 2.00. The number of hydrogen-bond donors (Lipinski definition) is 1. The van der Waals surface area contributed by atoms with E-state index >= 15 is 0 Å². The highest BCUT2D eigenvalue weighted by molar-refractivity contribution is 7.07. The number of benzene rings is 1. The first-order valence-electron chi connectivity index (χ1n) is 5.73. The van der Waals surface area contributed by atoms with Gasteiger partial charge in [0.1, 0.15) is 5.82 Å². The Morgan fingerprint density at radius 1 is 1.18 bits per heavy atom. The fraction of sp³-hybridized carbons (Fsp3) is 0.286. The lowest BCUT2D eigenvalue weighted by Crippen LogP contribution is -2.19. The third-order valence-corrected chi connectivity index (χ3v) is 3.58. The maximum atomic E-state index is 13.1. The monoisotopic (exact) mass is 249 g/mol. The van der Waals surface area contributed by atoms with Gasteiger partial charge in [0, 0.05) is 0 Å². The molecule has 0 saturated heterocycles. The number of halogens is 1. The van der Waals surface area contributed by atoms with Crippen LogP contribution in [-0.4, -0.2) is 6.54 Å². The van der Waals surface area contributed by atoms with Crippen LogP contribution in [0, 0.1) is 11.7 Å². The summed E-state index contributed by atoms with van der Waals surface area (Å²) >= 11 is 1.70. The summed E-state index contributed by atoms with van der Waals surface area (Å²) in [5.41, 5.74) is 8.13. The van der Waals surface area contributed by atoms with Crippen molar-refractivity contribution >= 4 is 11.3 Å². The molecule has 90 valence electrons. The van der Waals surface area contributed by atoms with Gasteiger partial charge in [0.25, 0.3) is 0 Å². The van der Waals surface area contributed by atoms with Gasteiger partial charge in [-0.2, -0.15) is 11.3 Å². The highest BCUT2D eigenvalue weighted by atomic mass is 32.1. The van der Waals surface area contributed by atoms with Gasteiger partial charge in [-0.1, -0.05) is 12.1 Å². The molecule has 0 bridgehead atoms. The van der Waals surface area contributed by atoms with E-state index in [0.717, 1.165) is 18.4 Å². The third-order valence-electron chi connectivity index (χ3n) is 2.85. The molecule has 0 aliphatic heterocycles. The van der Waals surface area contributed by atoms with Gasteiger partial charge >= 0.3 is 0 Å². The van der Waals surface area contributed by atoms with Crippen LogP contribution in [0.5, 0.6) is 0 Å². The molecule has 2 aromatic rings. The van der Waals surface area contributed by atoms with E-state index in [4.69, 9.17) is 5.73 Å². The summed E-state index contributed by atoms with van der Waals surface area (Å²) < 4.78 is 13.1. The average molecular weight is 249 g/mol. The first-order chi connectivity index (χ1) is 8.28. The Morgan fingerprint density at radius 2 is 2.00 bits per heavy atom. The van der Waals surface area contributed by atoms with Crippen LogP contribution >= 0.6 is 11.3 Å². The molecule has 0 amide bonds. The molecule has 0 fully saturated rings. The molecule has 0 spiro atoms. The van der Waals surface area contributed by atoms with Crippen LogP contribution in [0.4, 0.5) is 4.39 Å². The Hall–Kier alpha value is -1.19. The molecule has 1 aromatic carbocycles. The van der Waals surface area contributed by atoms with Gasteiger partial charge in [0.15, 0.2) is 0 Å². The van der Waals surface area contributed by atoms with E-state index in [0.29, 0.717) is 12.5 Å². The molecule has 1 nitrogen and oxygen atoms in total. The van der Waals surface area contributed by atoms with Gasteiger partial charge in [-0.15, -0.1) is 0 Å². The second-order valence-electron chi connectivity index (χ2n) is 4.27. The number of hydrogen-bond acceptors (Lipinski definition) is 2. The molecule has 2 rings (SSSR count). The second kappa shape index (κ2) is 5.94. The minimum atomic E-state index is -0.172. The fourth-order valence-electron chi connectivity index (χ4n) is 1.98. The van der Waals surface area contributed by atoms with Crippen LogP contribution < -0.4 is 5.73 Å². The Bertz CT molecular complexity index is 453. The lowest BCUT2D eigenvalue weighted by atomic mass is 9.94. The van der Waals surface area contributed by atoms with Crippen LogP contribution in [0.25, 0.3) is 0 Å². The van der Waals surface area contributed by atoms with E-state index in [1.807, 2.05) is 6.07 Å². The summed E-state index contributed by atoms with van der Waals surface area (Å²) in [6, 6.07) is 8.90. The summed E-state index contributed by atoms with van der Waals surface area (Å²) in [4.78, 5) is 0. The minimum absolute atomic E-state index is 0.172. The van der Waals surface area contributed by atoms with Crippen molar-refractivity contribution < 1.29 is 4.39 Å². The third kappa shape index (κ3) is 3.65. The molecule has 1 aromatic heterocycles. The SMILES string of the molecule is NCC(Cc1ccsc1)Cc1cccc(F)c1. The van der Waals surface area contributed by atoms with E-state index in [-0.39, 0.29) is 5.82 Å². The maximum absolute atomic E-state index is 13.1. The Kier molecular flexibility index (Phi) is 4.29. The fourth-order valence-corrected chi connectivity index (χ4v) is 2.66.